The monoisotopic (exact) mass is 581 g/mol. The molecule has 1 unspecified atom stereocenters. The number of carbonyl (C=O) groups excluding carboxylic acids is 3. The highest BCUT2D eigenvalue weighted by molar-refractivity contribution is 6.38. The van der Waals surface area contributed by atoms with E-state index in [4.69, 9.17) is 24.1 Å². The fraction of sp³-hybridized carbons (Fsp3) is 0.438. The zero-order chi connectivity index (χ0) is 30.9. The third kappa shape index (κ3) is 8.11. The molecule has 1 N–H and O–H groups in total. The minimum Gasteiger partial charge on any atom is -0.493 e. The number of nitrogens with zero attached hydrogens (tertiary/aromatic N) is 1. The number of methoxy groups -OCH3 is 2. The Morgan fingerprint density at radius 2 is 1.76 bits per heavy atom. The SMILES string of the molecule is CCC(C)(C)C(=O)C(=O)N1CC=CCC1C(=O)O[C@H](CCc1ccc(OC)c(OC)c1)c1cccc(OCC(=O)O)c1. The summed E-state index contributed by atoms with van der Waals surface area (Å²) in [4.78, 5) is 52.1. The number of hydrogen-bond acceptors (Lipinski definition) is 8. The number of aliphatic carboxylic acids is 1. The van der Waals surface area contributed by atoms with Gasteiger partial charge < -0.3 is 29.0 Å². The van der Waals surface area contributed by atoms with E-state index in [0.717, 1.165) is 5.56 Å². The molecule has 1 aliphatic rings. The van der Waals surface area contributed by atoms with Crippen LogP contribution in [-0.2, 0) is 30.3 Å². The quantitative estimate of drug-likeness (QED) is 0.194. The summed E-state index contributed by atoms with van der Waals surface area (Å²) in [5.41, 5.74) is 0.654. The molecule has 1 heterocycles. The predicted molar refractivity (Wildman–Crippen MR) is 155 cm³/mol. The minimum absolute atomic E-state index is 0.124. The zero-order valence-corrected chi connectivity index (χ0v) is 24.8. The number of carbonyl (C=O) groups is 4. The van der Waals surface area contributed by atoms with E-state index < -0.39 is 47.8 Å². The van der Waals surface area contributed by atoms with Crippen LogP contribution in [0.4, 0.5) is 0 Å². The molecule has 2 aromatic rings. The molecule has 2 atom stereocenters. The summed E-state index contributed by atoms with van der Waals surface area (Å²) in [5, 5.41) is 9.01. The smallest absolute Gasteiger partial charge is 0.341 e. The van der Waals surface area contributed by atoms with E-state index in [9.17, 15) is 19.2 Å². The van der Waals surface area contributed by atoms with Crippen LogP contribution in [0.15, 0.2) is 54.6 Å². The molecule has 226 valence electrons. The topological polar surface area (TPSA) is 129 Å². The van der Waals surface area contributed by atoms with Gasteiger partial charge in [0, 0.05) is 12.0 Å². The lowest BCUT2D eigenvalue weighted by Gasteiger charge is -2.34. The van der Waals surface area contributed by atoms with E-state index in [1.807, 2.05) is 19.1 Å². The minimum atomic E-state index is -1.12. The van der Waals surface area contributed by atoms with Gasteiger partial charge in [-0.3, -0.25) is 9.59 Å². The van der Waals surface area contributed by atoms with Gasteiger partial charge in [-0.15, -0.1) is 0 Å². The average molecular weight is 582 g/mol. The Kier molecular flexibility index (Phi) is 11.1. The molecule has 0 fully saturated rings. The molecule has 0 spiro atoms. The molecule has 2 aromatic carbocycles. The molecular formula is C32H39NO9. The number of hydrogen-bond donors (Lipinski definition) is 1. The molecule has 1 amide bonds. The van der Waals surface area contributed by atoms with Gasteiger partial charge in [0.2, 0.25) is 5.78 Å². The Bertz CT molecular complexity index is 1320. The second-order valence-corrected chi connectivity index (χ2v) is 10.7. The summed E-state index contributed by atoms with van der Waals surface area (Å²) in [6.45, 7) is 4.87. The number of Topliss-reactive ketones (excluding diaryl/α,β-unsaturated/α-hetero) is 1. The van der Waals surface area contributed by atoms with Crippen LogP contribution < -0.4 is 14.2 Å². The van der Waals surface area contributed by atoms with Gasteiger partial charge in [0.25, 0.3) is 5.91 Å². The van der Waals surface area contributed by atoms with Crippen LogP contribution in [0.25, 0.3) is 0 Å². The molecule has 1 aliphatic heterocycles. The maximum atomic E-state index is 13.6. The Morgan fingerprint density at radius 3 is 2.43 bits per heavy atom. The van der Waals surface area contributed by atoms with E-state index in [2.05, 4.69) is 0 Å². The standard InChI is InChI=1S/C32H39NO9/c1-6-32(2,3)29(36)30(37)33-17-8-7-12-24(33)31(38)42-25(22-10-9-11-23(19-22)41-20-28(34)35)15-13-21-14-16-26(39-4)27(18-21)40-5/h7-11,14,16,18-19,24-25H,6,12-13,15,17,20H2,1-5H3,(H,34,35)/t24?,25-/m1/s1. The lowest BCUT2D eigenvalue weighted by atomic mass is 9.84. The van der Waals surface area contributed by atoms with Gasteiger partial charge in [-0.05, 0) is 61.1 Å². The van der Waals surface area contributed by atoms with Crippen molar-refractivity contribution in [2.45, 2.75) is 58.6 Å². The number of amides is 1. The molecule has 0 radical (unpaired) electrons. The third-order valence-electron chi connectivity index (χ3n) is 7.42. The summed E-state index contributed by atoms with van der Waals surface area (Å²) in [6, 6.07) is 11.3. The van der Waals surface area contributed by atoms with Gasteiger partial charge in [-0.25, -0.2) is 9.59 Å². The largest absolute Gasteiger partial charge is 0.493 e. The molecule has 0 saturated carbocycles. The van der Waals surface area contributed by atoms with Crippen LogP contribution in [0, 0.1) is 5.41 Å². The van der Waals surface area contributed by atoms with Crippen molar-refractivity contribution in [1.29, 1.82) is 0 Å². The molecule has 10 nitrogen and oxygen atoms in total. The van der Waals surface area contributed by atoms with Gasteiger partial charge in [-0.2, -0.15) is 0 Å². The van der Waals surface area contributed by atoms with Crippen LogP contribution in [0.2, 0.25) is 0 Å². The second-order valence-electron chi connectivity index (χ2n) is 10.7. The summed E-state index contributed by atoms with van der Waals surface area (Å²) >= 11 is 0. The Balaban J connectivity index is 1.87. The van der Waals surface area contributed by atoms with Crippen LogP contribution in [0.3, 0.4) is 0 Å². The first-order valence-corrected chi connectivity index (χ1v) is 13.9. The first-order chi connectivity index (χ1) is 20.0. The van der Waals surface area contributed by atoms with Crippen molar-refractivity contribution in [3.8, 4) is 17.2 Å². The maximum absolute atomic E-state index is 13.6. The summed E-state index contributed by atoms with van der Waals surface area (Å²) < 4.78 is 22.1. The second kappa shape index (κ2) is 14.5. The van der Waals surface area contributed by atoms with Gasteiger partial charge in [0.1, 0.15) is 17.9 Å². The molecule has 3 rings (SSSR count). The fourth-order valence-corrected chi connectivity index (χ4v) is 4.49. The van der Waals surface area contributed by atoms with E-state index >= 15 is 0 Å². The van der Waals surface area contributed by atoms with Crippen molar-refractivity contribution in [3.05, 3.63) is 65.7 Å². The molecule has 0 saturated heterocycles. The van der Waals surface area contributed by atoms with E-state index in [-0.39, 0.29) is 13.0 Å². The van der Waals surface area contributed by atoms with E-state index in [0.29, 0.717) is 42.1 Å². The van der Waals surface area contributed by atoms with Gasteiger partial charge in [0.15, 0.2) is 18.1 Å². The first kappa shape index (κ1) is 32.2. The fourth-order valence-electron chi connectivity index (χ4n) is 4.49. The number of esters is 1. The highest BCUT2D eigenvalue weighted by atomic mass is 16.5. The molecular weight excluding hydrogens is 542 g/mol. The zero-order valence-electron chi connectivity index (χ0n) is 24.8. The lowest BCUT2D eigenvalue weighted by Crippen LogP contribution is -2.52. The van der Waals surface area contributed by atoms with Crippen molar-refractivity contribution in [1.82, 2.24) is 4.90 Å². The Hall–Kier alpha value is -4.34. The van der Waals surface area contributed by atoms with E-state index in [1.165, 1.54) is 4.90 Å². The number of ether oxygens (including phenoxy) is 4. The average Bonchev–Trinajstić information content (AvgIpc) is 3.01. The number of aryl methyl sites for hydroxylation is 1. The molecule has 10 heteroatoms. The van der Waals surface area contributed by atoms with Crippen LogP contribution in [-0.4, -0.2) is 67.0 Å². The predicted octanol–water partition coefficient (Wildman–Crippen LogP) is 4.55. The van der Waals surface area contributed by atoms with Crippen molar-refractivity contribution in [3.63, 3.8) is 0 Å². The summed E-state index contributed by atoms with van der Waals surface area (Å²) in [7, 11) is 3.10. The van der Waals surface area contributed by atoms with E-state index in [1.54, 1.807) is 70.6 Å². The Labute approximate surface area is 246 Å². The lowest BCUT2D eigenvalue weighted by molar-refractivity contribution is -0.162. The molecule has 0 bridgehead atoms. The van der Waals surface area contributed by atoms with Gasteiger partial charge >= 0.3 is 11.9 Å². The van der Waals surface area contributed by atoms with Crippen molar-refractivity contribution < 1.29 is 43.2 Å². The molecule has 0 aliphatic carbocycles. The van der Waals surface area contributed by atoms with Gasteiger partial charge in [0.05, 0.1) is 14.2 Å². The number of carboxylic acids is 1. The number of benzene rings is 2. The summed E-state index contributed by atoms with van der Waals surface area (Å²) in [5.74, 6) is -1.55. The van der Waals surface area contributed by atoms with Crippen LogP contribution in [0.5, 0.6) is 17.2 Å². The normalized spacial score (nSPS) is 15.5. The highest BCUT2D eigenvalue weighted by Gasteiger charge is 2.40. The number of ketones is 1. The number of rotatable bonds is 14. The van der Waals surface area contributed by atoms with Crippen LogP contribution in [0.1, 0.15) is 57.3 Å². The number of carboxylic acid groups (broad SMARTS) is 1. The highest BCUT2D eigenvalue weighted by Crippen LogP contribution is 2.32. The third-order valence-corrected chi connectivity index (χ3v) is 7.42. The van der Waals surface area contributed by atoms with Gasteiger partial charge in [-0.1, -0.05) is 51.1 Å². The summed E-state index contributed by atoms with van der Waals surface area (Å²) in [6.07, 6.45) is 4.35. The maximum Gasteiger partial charge on any atom is 0.341 e. The van der Waals surface area contributed by atoms with Crippen molar-refractivity contribution >= 4 is 23.6 Å². The molecule has 0 aromatic heterocycles. The van der Waals surface area contributed by atoms with Crippen LogP contribution >= 0.6 is 0 Å². The van der Waals surface area contributed by atoms with Crippen molar-refractivity contribution in [2.24, 2.45) is 5.41 Å². The molecule has 42 heavy (non-hydrogen) atoms. The van der Waals surface area contributed by atoms with Crippen molar-refractivity contribution in [2.75, 3.05) is 27.4 Å². The first-order valence-electron chi connectivity index (χ1n) is 13.9. The Morgan fingerprint density at radius 1 is 1.02 bits per heavy atom.